The summed E-state index contributed by atoms with van der Waals surface area (Å²) in [6, 6.07) is 1.87. The van der Waals surface area contributed by atoms with Gasteiger partial charge in [0.15, 0.2) is 0 Å². The summed E-state index contributed by atoms with van der Waals surface area (Å²) in [5.41, 5.74) is 1.65. The number of nitrogens with zero attached hydrogens (tertiary/aromatic N) is 5. The van der Waals surface area contributed by atoms with Crippen LogP contribution in [-0.4, -0.2) is 50.0 Å². The van der Waals surface area contributed by atoms with Crippen molar-refractivity contribution in [1.82, 2.24) is 29.9 Å². The average molecular weight is 525 g/mol. The van der Waals surface area contributed by atoms with E-state index in [4.69, 9.17) is 4.74 Å². The van der Waals surface area contributed by atoms with Gasteiger partial charge < -0.3 is 20.7 Å². The monoisotopic (exact) mass is 524 g/mol. The number of nitrogens with one attached hydrogen (secondary N) is 3. The summed E-state index contributed by atoms with van der Waals surface area (Å²) in [7, 11) is 3.41. The Balaban J connectivity index is 1.26. The van der Waals surface area contributed by atoms with Gasteiger partial charge in [0.25, 0.3) is 5.91 Å². The molecule has 0 saturated heterocycles. The van der Waals surface area contributed by atoms with Crippen LogP contribution in [0, 0.1) is 17.8 Å². The van der Waals surface area contributed by atoms with Crippen molar-refractivity contribution < 1.29 is 14.3 Å². The zero-order valence-corrected chi connectivity index (χ0v) is 22.1. The molecule has 0 spiro atoms. The molecule has 0 unspecified atom stereocenters. The van der Waals surface area contributed by atoms with Gasteiger partial charge >= 0.3 is 0 Å². The first-order chi connectivity index (χ1) is 17.9. The number of ether oxygens (including phenoxy) is 1. The fourth-order valence-electron chi connectivity index (χ4n) is 5.04. The van der Waals surface area contributed by atoms with E-state index in [9.17, 15) is 9.59 Å². The maximum atomic E-state index is 13.4. The fourth-order valence-corrected chi connectivity index (χ4v) is 6.29. The third-order valence-corrected chi connectivity index (χ3v) is 8.87. The Bertz CT molecular complexity index is 1340. The van der Waals surface area contributed by atoms with Crippen molar-refractivity contribution in [2.24, 2.45) is 24.8 Å². The van der Waals surface area contributed by atoms with Crippen LogP contribution in [0.2, 0.25) is 0 Å². The average Bonchev–Trinajstić information content (AvgIpc) is 3.72. The van der Waals surface area contributed by atoms with E-state index >= 15 is 0 Å². The van der Waals surface area contributed by atoms with E-state index in [1.807, 2.05) is 11.6 Å². The van der Waals surface area contributed by atoms with Crippen LogP contribution in [0.3, 0.4) is 0 Å². The van der Waals surface area contributed by atoms with Gasteiger partial charge in [0, 0.05) is 36.5 Å². The number of amides is 2. The predicted octanol–water partition coefficient (Wildman–Crippen LogP) is 3.29. The molecule has 3 N–H and O–H groups in total. The molecule has 0 radical (unpaired) electrons. The predicted molar refractivity (Wildman–Crippen MR) is 139 cm³/mol. The summed E-state index contributed by atoms with van der Waals surface area (Å²) >= 11 is 1.55. The van der Waals surface area contributed by atoms with E-state index in [0.29, 0.717) is 47.2 Å². The topological polar surface area (TPSA) is 128 Å². The summed E-state index contributed by atoms with van der Waals surface area (Å²) in [6.07, 6.45) is 7.33. The molecule has 196 valence electrons. The number of methoxy groups -OCH3 is 1. The highest BCUT2D eigenvalue weighted by Crippen LogP contribution is 2.44. The van der Waals surface area contributed by atoms with Gasteiger partial charge in [-0.3, -0.25) is 14.2 Å². The fraction of sp³-hybridized carbons (Fsp3) is 0.560. The lowest BCUT2D eigenvalue weighted by molar-refractivity contribution is -0.117. The van der Waals surface area contributed by atoms with E-state index in [1.165, 1.54) is 17.7 Å². The SMILES string of the molecule is COc1cc(Nc2nncn2[C@H]2CCc3sc(NC(=O)[C@H]4C[C@@H]4C)c(C(=O)NCC4CC4)c3C2)n(C)n1. The molecule has 3 aliphatic carbocycles. The minimum Gasteiger partial charge on any atom is -0.480 e. The lowest BCUT2D eigenvalue weighted by Crippen LogP contribution is -2.28. The normalized spacial score (nSPS) is 22.3. The molecule has 0 aliphatic heterocycles. The number of anilines is 3. The van der Waals surface area contributed by atoms with Gasteiger partial charge in [0.05, 0.1) is 12.7 Å². The van der Waals surface area contributed by atoms with Crippen molar-refractivity contribution in [2.75, 3.05) is 24.3 Å². The van der Waals surface area contributed by atoms with Crippen LogP contribution in [0.4, 0.5) is 16.8 Å². The third-order valence-electron chi connectivity index (χ3n) is 7.67. The summed E-state index contributed by atoms with van der Waals surface area (Å²) in [5.74, 6) is 2.81. The maximum Gasteiger partial charge on any atom is 0.254 e. The summed E-state index contributed by atoms with van der Waals surface area (Å²) in [4.78, 5) is 27.4. The van der Waals surface area contributed by atoms with Crippen LogP contribution in [0.25, 0.3) is 0 Å². The molecular formula is C25H32N8O3S. The van der Waals surface area contributed by atoms with Gasteiger partial charge in [-0.1, -0.05) is 6.92 Å². The Labute approximate surface area is 219 Å². The zero-order chi connectivity index (χ0) is 25.7. The number of carbonyl (C=O) groups is 2. The first-order valence-electron chi connectivity index (χ1n) is 12.9. The molecule has 0 bridgehead atoms. The number of aromatic nitrogens is 5. The van der Waals surface area contributed by atoms with Crippen molar-refractivity contribution in [3.05, 3.63) is 28.4 Å². The highest BCUT2D eigenvalue weighted by molar-refractivity contribution is 7.17. The second-order valence-corrected chi connectivity index (χ2v) is 11.6. The minimum absolute atomic E-state index is 0.0239. The van der Waals surface area contributed by atoms with Crippen molar-refractivity contribution >= 4 is 39.9 Å². The number of thiophene rings is 1. The quantitative estimate of drug-likeness (QED) is 0.392. The molecule has 2 saturated carbocycles. The number of hydrogen-bond donors (Lipinski definition) is 3. The lowest BCUT2D eigenvalue weighted by atomic mass is 9.91. The first kappa shape index (κ1) is 24.0. The lowest BCUT2D eigenvalue weighted by Gasteiger charge is -2.25. The van der Waals surface area contributed by atoms with Gasteiger partial charge in [0.1, 0.15) is 17.1 Å². The molecular weight excluding hydrogens is 492 g/mol. The van der Waals surface area contributed by atoms with Crippen LogP contribution < -0.4 is 20.7 Å². The zero-order valence-electron chi connectivity index (χ0n) is 21.3. The Hall–Kier alpha value is -3.41. The molecule has 3 aromatic rings. The Morgan fingerprint density at radius 2 is 2.08 bits per heavy atom. The summed E-state index contributed by atoms with van der Waals surface area (Å²) in [5, 5.41) is 23.0. The van der Waals surface area contributed by atoms with Gasteiger partial charge in [-0.2, -0.15) is 0 Å². The van der Waals surface area contributed by atoms with Crippen LogP contribution in [0.5, 0.6) is 5.88 Å². The Morgan fingerprint density at radius 1 is 1.27 bits per heavy atom. The van der Waals surface area contributed by atoms with Crippen LogP contribution in [0.15, 0.2) is 12.4 Å². The Kier molecular flexibility index (Phi) is 6.13. The van der Waals surface area contributed by atoms with Crippen LogP contribution in [-0.2, 0) is 24.7 Å². The molecule has 3 atom stereocenters. The largest absolute Gasteiger partial charge is 0.480 e. The van der Waals surface area contributed by atoms with Crippen LogP contribution >= 0.6 is 11.3 Å². The van der Waals surface area contributed by atoms with Gasteiger partial charge in [-0.15, -0.1) is 26.6 Å². The molecule has 11 nitrogen and oxygen atoms in total. The summed E-state index contributed by atoms with van der Waals surface area (Å²) < 4.78 is 8.94. The Morgan fingerprint density at radius 3 is 2.78 bits per heavy atom. The minimum atomic E-state index is -0.0896. The van der Waals surface area contributed by atoms with Crippen molar-refractivity contribution in [1.29, 1.82) is 0 Å². The number of carbonyl (C=O) groups excluding carboxylic acids is 2. The molecule has 0 aromatic carbocycles. The molecule has 3 aromatic heterocycles. The third kappa shape index (κ3) is 4.81. The van der Waals surface area contributed by atoms with E-state index in [1.54, 1.807) is 35.5 Å². The molecule has 3 aliphatic rings. The van der Waals surface area contributed by atoms with Crippen molar-refractivity contribution in [3.63, 3.8) is 0 Å². The molecule has 2 fully saturated rings. The molecule has 37 heavy (non-hydrogen) atoms. The smallest absolute Gasteiger partial charge is 0.254 e. The van der Waals surface area contributed by atoms with Gasteiger partial charge in [0.2, 0.25) is 17.7 Å². The number of fused-ring (bicyclic) bond motifs is 1. The van der Waals surface area contributed by atoms with E-state index in [2.05, 4.69) is 38.2 Å². The van der Waals surface area contributed by atoms with E-state index in [-0.39, 0.29) is 23.8 Å². The van der Waals surface area contributed by atoms with E-state index in [0.717, 1.165) is 30.6 Å². The number of rotatable bonds is 9. The first-order valence-corrected chi connectivity index (χ1v) is 13.7. The maximum absolute atomic E-state index is 13.4. The van der Waals surface area contributed by atoms with Gasteiger partial charge in [-0.25, -0.2) is 4.68 Å². The summed E-state index contributed by atoms with van der Waals surface area (Å²) in [6.45, 7) is 2.78. The van der Waals surface area contributed by atoms with Crippen molar-refractivity contribution in [3.8, 4) is 5.88 Å². The van der Waals surface area contributed by atoms with Gasteiger partial charge in [-0.05, 0) is 55.9 Å². The number of hydrogen-bond acceptors (Lipinski definition) is 8. The number of aryl methyl sites for hydroxylation is 2. The second-order valence-electron chi connectivity index (χ2n) is 10.4. The van der Waals surface area contributed by atoms with Crippen molar-refractivity contribution in [2.45, 2.75) is 51.5 Å². The molecule has 3 heterocycles. The molecule has 12 heteroatoms. The second kappa shape index (κ2) is 9.47. The van der Waals surface area contributed by atoms with E-state index < -0.39 is 0 Å². The highest BCUT2D eigenvalue weighted by Gasteiger charge is 2.40. The van der Waals surface area contributed by atoms with Crippen LogP contribution in [0.1, 0.15) is 59.4 Å². The molecule has 6 rings (SSSR count). The highest BCUT2D eigenvalue weighted by atomic mass is 32.1. The molecule has 2 amide bonds. The standard InChI is InChI=1S/C25H32N8O3S/c1-13-8-16(13)22(34)29-24-21(23(35)26-11-14-4-5-14)17-9-15(6-7-18(17)37-24)33-12-27-30-25(33)28-19-10-20(36-3)31-32(19)2/h10,12-16H,4-9,11H2,1-3H3,(H,26,35)(H,28,30)(H,29,34)/t13-,15-,16-/m0/s1.